The molecule has 20 heavy (non-hydrogen) atoms. The molecule has 3 nitrogen and oxygen atoms in total. The lowest BCUT2D eigenvalue weighted by atomic mass is 9.89. The van der Waals surface area contributed by atoms with Crippen molar-refractivity contribution >= 4 is 21.6 Å². The summed E-state index contributed by atoms with van der Waals surface area (Å²) >= 11 is 6.06. The molecule has 1 aliphatic carbocycles. The molecule has 1 aromatic rings. The van der Waals surface area contributed by atoms with Crippen LogP contribution in [0.25, 0.3) is 0 Å². The summed E-state index contributed by atoms with van der Waals surface area (Å²) < 4.78 is 27.6. The van der Waals surface area contributed by atoms with Gasteiger partial charge in [0.05, 0.1) is 4.90 Å². The van der Waals surface area contributed by atoms with Gasteiger partial charge in [-0.2, -0.15) is 0 Å². The Hall–Kier alpha value is -0.580. The molecule has 0 radical (unpaired) electrons. The van der Waals surface area contributed by atoms with Gasteiger partial charge >= 0.3 is 0 Å². The first-order chi connectivity index (χ1) is 9.38. The smallest absolute Gasteiger partial charge is 0.211 e. The average Bonchev–Trinajstić information content (AvgIpc) is 2.85. The summed E-state index contributed by atoms with van der Waals surface area (Å²) in [6.07, 6.45) is 4.29. The van der Waals surface area contributed by atoms with Crippen molar-refractivity contribution in [3.05, 3.63) is 29.3 Å². The minimum absolute atomic E-state index is 0.0623. The van der Waals surface area contributed by atoms with E-state index in [0.717, 1.165) is 36.8 Å². The number of hydrogen-bond donors (Lipinski definition) is 1. The zero-order valence-electron chi connectivity index (χ0n) is 12.1. The van der Waals surface area contributed by atoms with Gasteiger partial charge in [0.2, 0.25) is 10.0 Å². The molecule has 5 heteroatoms. The fourth-order valence-corrected chi connectivity index (χ4v) is 4.65. The van der Waals surface area contributed by atoms with Gasteiger partial charge in [0.25, 0.3) is 0 Å². The molecule has 0 aliphatic heterocycles. The summed E-state index contributed by atoms with van der Waals surface area (Å²) in [4.78, 5) is 0.366. The predicted molar refractivity (Wildman–Crippen MR) is 82.7 cm³/mol. The van der Waals surface area contributed by atoms with Crippen molar-refractivity contribution in [2.24, 2.45) is 5.41 Å². The molecule has 0 amide bonds. The zero-order valence-corrected chi connectivity index (χ0v) is 13.6. The van der Waals surface area contributed by atoms with Crippen LogP contribution in [0.4, 0.5) is 0 Å². The van der Waals surface area contributed by atoms with Crippen molar-refractivity contribution in [3.63, 3.8) is 0 Å². The Kier molecular flexibility index (Phi) is 4.77. The van der Waals surface area contributed by atoms with Gasteiger partial charge in [-0.25, -0.2) is 13.1 Å². The number of halogens is 1. The molecule has 1 aliphatic rings. The Balaban J connectivity index is 2.15. The van der Waals surface area contributed by atoms with Crippen molar-refractivity contribution in [3.8, 4) is 0 Å². The summed E-state index contributed by atoms with van der Waals surface area (Å²) in [5, 5.41) is 0. The number of nitrogens with one attached hydrogen (secondary N) is 1. The van der Waals surface area contributed by atoms with Crippen molar-refractivity contribution in [1.82, 2.24) is 4.72 Å². The number of alkyl halides is 1. The molecule has 1 N–H and O–H groups in total. The number of hydrogen-bond acceptors (Lipinski definition) is 2. The van der Waals surface area contributed by atoms with Crippen molar-refractivity contribution < 1.29 is 8.42 Å². The van der Waals surface area contributed by atoms with Crippen molar-refractivity contribution in [2.75, 3.05) is 12.4 Å². The van der Waals surface area contributed by atoms with Crippen LogP contribution in [0, 0.1) is 19.3 Å². The minimum Gasteiger partial charge on any atom is -0.211 e. The summed E-state index contributed by atoms with van der Waals surface area (Å²) in [5.41, 5.74) is 1.78. The third-order valence-corrected chi connectivity index (χ3v) is 6.33. The summed E-state index contributed by atoms with van der Waals surface area (Å²) in [7, 11) is -3.45. The van der Waals surface area contributed by atoms with Gasteiger partial charge in [0, 0.05) is 12.4 Å². The fraction of sp³-hybridized carbons (Fsp3) is 0.600. The Morgan fingerprint density at radius 1 is 1.25 bits per heavy atom. The lowest BCUT2D eigenvalue weighted by Gasteiger charge is -2.26. The van der Waals surface area contributed by atoms with Gasteiger partial charge in [0.15, 0.2) is 0 Å². The average molecular weight is 316 g/mol. The quantitative estimate of drug-likeness (QED) is 0.847. The second-order valence-electron chi connectivity index (χ2n) is 5.93. The number of benzene rings is 1. The Bertz CT molecular complexity index is 578. The highest BCUT2D eigenvalue weighted by Crippen LogP contribution is 2.38. The predicted octanol–water partition coefficient (Wildman–Crippen LogP) is 3.38. The maximum atomic E-state index is 12.4. The van der Waals surface area contributed by atoms with E-state index in [0.29, 0.717) is 17.3 Å². The van der Waals surface area contributed by atoms with Crippen molar-refractivity contribution in [1.29, 1.82) is 0 Å². The van der Waals surface area contributed by atoms with E-state index in [2.05, 4.69) is 4.72 Å². The van der Waals surface area contributed by atoms with Crippen LogP contribution in [0.2, 0.25) is 0 Å². The van der Waals surface area contributed by atoms with Crippen LogP contribution >= 0.6 is 11.6 Å². The highest BCUT2D eigenvalue weighted by atomic mass is 35.5. The SMILES string of the molecule is Cc1ccc(S(=O)(=O)NCC2(CCl)CCCC2)c(C)c1. The Morgan fingerprint density at radius 3 is 2.45 bits per heavy atom. The molecular formula is C15H22ClNO2S. The Morgan fingerprint density at radius 2 is 1.90 bits per heavy atom. The molecule has 0 spiro atoms. The normalized spacial score (nSPS) is 18.4. The zero-order chi connectivity index (χ0) is 14.8. The topological polar surface area (TPSA) is 46.2 Å². The van der Waals surface area contributed by atoms with E-state index in [4.69, 9.17) is 11.6 Å². The molecule has 0 atom stereocenters. The van der Waals surface area contributed by atoms with Gasteiger partial charge in [-0.05, 0) is 43.7 Å². The Labute approximate surface area is 126 Å². The summed E-state index contributed by atoms with van der Waals surface area (Å²) in [5.74, 6) is 0.516. The van der Waals surface area contributed by atoms with Crippen LogP contribution in [-0.2, 0) is 10.0 Å². The van der Waals surface area contributed by atoms with E-state index < -0.39 is 10.0 Å². The molecule has 0 bridgehead atoms. The van der Waals surface area contributed by atoms with Gasteiger partial charge < -0.3 is 0 Å². The van der Waals surface area contributed by atoms with Gasteiger partial charge in [-0.15, -0.1) is 11.6 Å². The molecular weight excluding hydrogens is 294 g/mol. The second-order valence-corrected chi connectivity index (χ2v) is 7.94. The molecule has 0 heterocycles. The number of rotatable bonds is 5. The molecule has 112 valence electrons. The summed E-state index contributed by atoms with van der Waals surface area (Å²) in [6, 6.07) is 5.39. The minimum atomic E-state index is -3.45. The molecule has 1 fully saturated rings. The van der Waals surface area contributed by atoms with Crippen molar-refractivity contribution in [2.45, 2.75) is 44.4 Å². The maximum Gasteiger partial charge on any atom is 0.240 e. The molecule has 1 saturated carbocycles. The van der Waals surface area contributed by atoms with E-state index in [1.165, 1.54) is 0 Å². The van der Waals surface area contributed by atoms with E-state index >= 15 is 0 Å². The highest BCUT2D eigenvalue weighted by Gasteiger charge is 2.34. The van der Waals surface area contributed by atoms with Gasteiger partial charge in [0.1, 0.15) is 0 Å². The molecule has 0 unspecified atom stereocenters. The molecule has 1 aromatic carbocycles. The maximum absolute atomic E-state index is 12.4. The fourth-order valence-electron chi connectivity index (χ4n) is 2.91. The third kappa shape index (κ3) is 3.35. The largest absolute Gasteiger partial charge is 0.240 e. The highest BCUT2D eigenvalue weighted by molar-refractivity contribution is 7.89. The van der Waals surface area contributed by atoms with Crippen LogP contribution < -0.4 is 4.72 Å². The monoisotopic (exact) mass is 315 g/mol. The first-order valence-electron chi connectivity index (χ1n) is 7.01. The van der Waals surface area contributed by atoms with E-state index in [-0.39, 0.29) is 5.41 Å². The molecule has 0 aromatic heterocycles. The standard InChI is InChI=1S/C15H22ClNO2S/c1-12-5-6-14(13(2)9-12)20(18,19)17-11-15(10-16)7-3-4-8-15/h5-6,9,17H,3-4,7-8,10-11H2,1-2H3. The van der Waals surface area contributed by atoms with Gasteiger partial charge in [-0.1, -0.05) is 30.5 Å². The third-order valence-electron chi connectivity index (χ3n) is 4.20. The molecule has 0 saturated heterocycles. The lowest BCUT2D eigenvalue weighted by Crippen LogP contribution is -2.37. The number of aryl methyl sites for hydroxylation is 2. The lowest BCUT2D eigenvalue weighted by molar-refractivity contribution is 0.342. The summed E-state index contributed by atoms with van der Waals surface area (Å²) in [6.45, 7) is 4.22. The van der Waals surface area contributed by atoms with Gasteiger partial charge in [-0.3, -0.25) is 0 Å². The number of sulfonamides is 1. The van der Waals surface area contributed by atoms with E-state index in [1.807, 2.05) is 26.0 Å². The first-order valence-corrected chi connectivity index (χ1v) is 9.03. The second kappa shape index (κ2) is 6.04. The van der Waals surface area contributed by atoms with E-state index in [9.17, 15) is 8.42 Å². The van der Waals surface area contributed by atoms with Crippen LogP contribution in [0.1, 0.15) is 36.8 Å². The van der Waals surface area contributed by atoms with Crippen LogP contribution in [0.15, 0.2) is 23.1 Å². The van der Waals surface area contributed by atoms with Crippen LogP contribution in [0.3, 0.4) is 0 Å². The van der Waals surface area contributed by atoms with Crippen LogP contribution in [-0.4, -0.2) is 20.8 Å². The first kappa shape index (κ1) is 15.8. The van der Waals surface area contributed by atoms with Crippen LogP contribution in [0.5, 0.6) is 0 Å². The van der Waals surface area contributed by atoms with E-state index in [1.54, 1.807) is 6.07 Å². The molecule has 2 rings (SSSR count).